The van der Waals surface area contributed by atoms with E-state index in [9.17, 15) is 5.11 Å². The van der Waals surface area contributed by atoms with Gasteiger partial charge in [-0.25, -0.2) is 0 Å². The van der Waals surface area contributed by atoms with Crippen molar-refractivity contribution in [2.75, 3.05) is 19.8 Å². The second-order valence-corrected chi connectivity index (χ2v) is 3.79. The van der Waals surface area contributed by atoms with Crippen LogP contribution in [0.15, 0.2) is 22.8 Å². The standard InChI is InChI=1S/C10H17NO4/c1-10(6-12,7-13)11-5-8(14)9-3-2-4-15-9/h2-4,8,11-14H,5-7H2,1H3. The molecule has 5 nitrogen and oxygen atoms in total. The molecule has 0 saturated carbocycles. The Morgan fingerprint density at radius 3 is 2.60 bits per heavy atom. The molecule has 1 atom stereocenters. The van der Waals surface area contributed by atoms with Crippen molar-refractivity contribution >= 4 is 0 Å². The average molecular weight is 215 g/mol. The SMILES string of the molecule is CC(CO)(CO)NCC(O)c1ccco1. The van der Waals surface area contributed by atoms with Crippen LogP contribution in [0.25, 0.3) is 0 Å². The largest absolute Gasteiger partial charge is 0.467 e. The fraction of sp³-hybridized carbons (Fsp3) is 0.600. The summed E-state index contributed by atoms with van der Waals surface area (Å²) in [5, 5.41) is 30.5. The predicted molar refractivity (Wildman–Crippen MR) is 54.2 cm³/mol. The molecule has 15 heavy (non-hydrogen) atoms. The van der Waals surface area contributed by atoms with Crippen molar-refractivity contribution in [1.29, 1.82) is 0 Å². The maximum atomic E-state index is 9.64. The topological polar surface area (TPSA) is 85.9 Å². The average Bonchev–Trinajstić information content (AvgIpc) is 2.79. The molecule has 1 unspecified atom stereocenters. The van der Waals surface area contributed by atoms with E-state index in [-0.39, 0.29) is 19.8 Å². The Morgan fingerprint density at radius 1 is 1.47 bits per heavy atom. The molecule has 0 fully saturated rings. The van der Waals surface area contributed by atoms with Crippen LogP contribution >= 0.6 is 0 Å². The zero-order valence-electron chi connectivity index (χ0n) is 8.68. The van der Waals surface area contributed by atoms with Crippen LogP contribution in [0, 0.1) is 0 Å². The highest BCUT2D eigenvalue weighted by Gasteiger charge is 2.23. The summed E-state index contributed by atoms with van der Waals surface area (Å²) >= 11 is 0. The van der Waals surface area contributed by atoms with Crippen molar-refractivity contribution in [3.05, 3.63) is 24.2 Å². The predicted octanol–water partition coefficient (Wildman–Crippen LogP) is -0.354. The van der Waals surface area contributed by atoms with Crippen LogP contribution < -0.4 is 5.32 Å². The minimum absolute atomic E-state index is 0.200. The van der Waals surface area contributed by atoms with Gasteiger partial charge in [-0.3, -0.25) is 0 Å². The second kappa shape index (κ2) is 5.27. The number of β-amino-alcohol motifs (C(OH)–C–C–N with tert-alkyl or cyclic N) is 1. The summed E-state index contributed by atoms with van der Waals surface area (Å²) in [5.74, 6) is 0.459. The molecule has 0 spiro atoms. The maximum absolute atomic E-state index is 9.64. The van der Waals surface area contributed by atoms with Gasteiger partial charge in [0, 0.05) is 6.54 Å². The van der Waals surface area contributed by atoms with E-state index in [4.69, 9.17) is 14.6 Å². The van der Waals surface area contributed by atoms with Crippen molar-refractivity contribution in [1.82, 2.24) is 5.32 Å². The molecule has 86 valence electrons. The first-order valence-electron chi connectivity index (χ1n) is 4.79. The van der Waals surface area contributed by atoms with Crippen molar-refractivity contribution in [3.63, 3.8) is 0 Å². The third kappa shape index (κ3) is 3.32. The van der Waals surface area contributed by atoms with E-state index in [0.29, 0.717) is 5.76 Å². The lowest BCUT2D eigenvalue weighted by Gasteiger charge is -2.27. The Kier molecular flexibility index (Phi) is 4.28. The van der Waals surface area contributed by atoms with Gasteiger partial charge in [-0.05, 0) is 19.1 Å². The van der Waals surface area contributed by atoms with E-state index < -0.39 is 11.6 Å². The van der Waals surface area contributed by atoms with Crippen LogP contribution in [0.5, 0.6) is 0 Å². The molecule has 0 aromatic carbocycles. The molecule has 1 aromatic heterocycles. The van der Waals surface area contributed by atoms with Gasteiger partial charge >= 0.3 is 0 Å². The van der Waals surface area contributed by atoms with Gasteiger partial charge in [0.15, 0.2) is 0 Å². The molecule has 0 aliphatic rings. The van der Waals surface area contributed by atoms with Gasteiger partial charge in [-0.15, -0.1) is 0 Å². The summed E-state index contributed by atoms with van der Waals surface area (Å²) in [6.45, 7) is 1.48. The van der Waals surface area contributed by atoms with E-state index in [0.717, 1.165) is 0 Å². The molecule has 0 aliphatic heterocycles. The molecule has 0 amide bonds. The van der Waals surface area contributed by atoms with Gasteiger partial charge in [-0.1, -0.05) is 0 Å². The van der Waals surface area contributed by atoms with Crippen molar-refractivity contribution in [3.8, 4) is 0 Å². The highest BCUT2D eigenvalue weighted by molar-refractivity contribution is 5.02. The van der Waals surface area contributed by atoms with Gasteiger partial charge in [0.1, 0.15) is 11.9 Å². The first-order valence-corrected chi connectivity index (χ1v) is 4.79. The number of aliphatic hydroxyl groups excluding tert-OH is 3. The number of nitrogens with one attached hydrogen (secondary N) is 1. The number of furan rings is 1. The highest BCUT2D eigenvalue weighted by atomic mass is 16.4. The van der Waals surface area contributed by atoms with Gasteiger partial charge < -0.3 is 25.1 Å². The van der Waals surface area contributed by atoms with Crippen LogP contribution in [0.4, 0.5) is 0 Å². The molecule has 1 aromatic rings. The lowest BCUT2D eigenvalue weighted by Crippen LogP contribution is -2.50. The van der Waals surface area contributed by atoms with Crippen LogP contribution in [0.3, 0.4) is 0 Å². The highest BCUT2D eigenvalue weighted by Crippen LogP contribution is 2.13. The van der Waals surface area contributed by atoms with Crippen LogP contribution in [-0.4, -0.2) is 40.6 Å². The van der Waals surface area contributed by atoms with Crippen LogP contribution in [-0.2, 0) is 0 Å². The first-order chi connectivity index (χ1) is 7.11. The maximum Gasteiger partial charge on any atom is 0.133 e. The summed E-state index contributed by atoms with van der Waals surface area (Å²) in [4.78, 5) is 0. The minimum Gasteiger partial charge on any atom is -0.467 e. The Morgan fingerprint density at radius 2 is 2.13 bits per heavy atom. The van der Waals surface area contributed by atoms with Crippen molar-refractivity contribution < 1.29 is 19.7 Å². The summed E-state index contributed by atoms with van der Waals surface area (Å²) in [5.41, 5.74) is -0.784. The molecule has 4 N–H and O–H groups in total. The summed E-state index contributed by atoms with van der Waals surface area (Å²) in [6, 6.07) is 3.36. The van der Waals surface area contributed by atoms with Gasteiger partial charge in [0.2, 0.25) is 0 Å². The molecule has 5 heteroatoms. The van der Waals surface area contributed by atoms with Crippen LogP contribution in [0.1, 0.15) is 18.8 Å². The van der Waals surface area contributed by atoms with Gasteiger partial charge in [0.05, 0.1) is 25.0 Å². The van der Waals surface area contributed by atoms with E-state index >= 15 is 0 Å². The number of rotatable bonds is 6. The third-order valence-electron chi connectivity index (χ3n) is 2.29. The van der Waals surface area contributed by atoms with E-state index in [2.05, 4.69) is 5.32 Å². The minimum atomic E-state index is -0.784. The Balaban J connectivity index is 2.43. The zero-order valence-corrected chi connectivity index (χ0v) is 8.68. The molecule has 0 saturated heterocycles. The van der Waals surface area contributed by atoms with Crippen molar-refractivity contribution in [2.24, 2.45) is 0 Å². The van der Waals surface area contributed by atoms with E-state index in [1.807, 2.05) is 0 Å². The Bertz CT molecular complexity index is 269. The monoisotopic (exact) mass is 215 g/mol. The number of hydrogen-bond acceptors (Lipinski definition) is 5. The quantitative estimate of drug-likeness (QED) is 0.521. The van der Waals surface area contributed by atoms with Gasteiger partial charge in [-0.2, -0.15) is 0 Å². The molecule has 0 bridgehead atoms. The molecule has 1 rings (SSSR count). The fourth-order valence-corrected chi connectivity index (χ4v) is 1.09. The first kappa shape index (κ1) is 12.2. The molecular formula is C10H17NO4. The Hall–Kier alpha value is -0.880. The lowest BCUT2D eigenvalue weighted by molar-refractivity contribution is 0.0787. The van der Waals surface area contributed by atoms with Crippen LogP contribution in [0.2, 0.25) is 0 Å². The number of aliphatic hydroxyl groups is 3. The molecule has 1 heterocycles. The number of hydrogen-bond donors (Lipinski definition) is 4. The fourth-order valence-electron chi connectivity index (χ4n) is 1.09. The summed E-state index contributed by atoms with van der Waals surface area (Å²) in [7, 11) is 0. The summed E-state index contributed by atoms with van der Waals surface area (Å²) < 4.78 is 5.01. The van der Waals surface area contributed by atoms with E-state index in [1.165, 1.54) is 6.26 Å². The lowest BCUT2D eigenvalue weighted by atomic mass is 10.1. The third-order valence-corrected chi connectivity index (χ3v) is 2.29. The zero-order chi connectivity index (χ0) is 11.3. The normalized spacial score (nSPS) is 14.1. The molecule has 0 radical (unpaired) electrons. The molecular weight excluding hydrogens is 198 g/mol. The summed E-state index contributed by atoms with van der Waals surface area (Å²) in [6.07, 6.45) is 0.702. The molecule has 0 aliphatic carbocycles. The smallest absolute Gasteiger partial charge is 0.133 e. The van der Waals surface area contributed by atoms with E-state index in [1.54, 1.807) is 19.1 Å². The Labute approximate surface area is 88.3 Å². The second-order valence-electron chi connectivity index (χ2n) is 3.79. The van der Waals surface area contributed by atoms with Gasteiger partial charge in [0.25, 0.3) is 0 Å². The van der Waals surface area contributed by atoms with Crippen molar-refractivity contribution in [2.45, 2.75) is 18.6 Å².